The molecule has 0 N–H and O–H groups in total. The van der Waals surface area contributed by atoms with E-state index >= 15 is 0 Å². The number of hydrogen-bond acceptors (Lipinski definition) is 7. The monoisotopic (exact) mass is 574 g/mol. The lowest BCUT2D eigenvalue weighted by Crippen LogP contribution is -2.00. The van der Waals surface area contributed by atoms with E-state index in [0.717, 1.165) is 33.1 Å². The maximum absolute atomic E-state index is 11.5. The van der Waals surface area contributed by atoms with Crippen molar-refractivity contribution in [3.8, 4) is 28.7 Å². The van der Waals surface area contributed by atoms with Gasteiger partial charge in [-0.1, -0.05) is 46.3 Å². The number of ether oxygens (including phenoxy) is 2. The number of aromatic nitrogens is 1. The Balaban J connectivity index is 1.73. The minimum Gasteiger partial charge on any atom is -0.490 e. The number of nitriles is 1. The summed E-state index contributed by atoms with van der Waals surface area (Å²) in [6, 6.07) is 12.9. The molecule has 0 atom stereocenters. The molecule has 0 aliphatic rings. The average Bonchev–Trinajstić information content (AvgIpc) is 3.21. The van der Waals surface area contributed by atoms with Gasteiger partial charge in [0.2, 0.25) is 0 Å². The molecule has 156 valence electrons. The second-order valence-corrected chi connectivity index (χ2v) is 11.0. The molecular formula is C20H16ClIN2O4S2. The van der Waals surface area contributed by atoms with Gasteiger partial charge in [0, 0.05) is 10.7 Å². The predicted octanol–water partition coefficient (Wildman–Crippen LogP) is 5.13. The molecule has 0 aliphatic carbocycles. The standard InChI is InChI=1S/C20H16ClIN2O4S2/c1-30(25,26)19-11-24-18(29-19)12-28-16-4-2-13(3-5-16)14-8-15(10-23)20(17(21)9-14)27-7-6-22/h2-5,8-9,11H,6-7,12H2,1H3. The van der Waals surface area contributed by atoms with Crippen LogP contribution in [0, 0.1) is 11.3 Å². The molecule has 0 radical (unpaired) electrons. The number of sulfone groups is 1. The van der Waals surface area contributed by atoms with E-state index in [1.54, 1.807) is 24.3 Å². The molecule has 6 nitrogen and oxygen atoms in total. The highest BCUT2D eigenvalue weighted by atomic mass is 127. The van der Waals surface area contributed by atoms with E-state index in [0.29, 0.717) is 33.7 Å². The van der Waals surface area contributed by atoms with E-state index in [4.69, 9.17) is 21.1 Å². The summed E-state index contributed by atoms with van der Waals surface area (Å²) in [7, 11) is -3.26. The van der Waals surface area contributed by atoms with E-state index in [2.05, 4.69) is 33.6 Å². The van der Waals surface area contributed by atoms with Crippen molar-refractivity contribution in [2.75, 3.05) is 17.3 Å². The zero-order chi connectivity index (χ0) is 21.7. The summed E-state index contributed by atoms with van der Waals surface area (Å²) in [4.78, 5) is 4.08. The van der Waals surface area contributed by atoms with Crippen LogP contribution in [0.2, 0.25) is 5.02 Å². The van der Waals surface area contributed by atoms with Crippen molar-refractivity contribution >= 4 is 55.4 Å². The van der Waals surface area contributed by atoms with Crippen molar-refractivity contribution in [3.05, 3.63) is 58.2 Å². The molecule has 30 heavy (non-hydrogen) atoms. The summed E-state index contributed by atoms with van der Waals surface area (Å²) in [5.41, 5.74) is 2.05. The Bertz CT molecular complexity index is 1190. The maximum atomic E-state index is 11.5. The average molecular weight is 575 g/mol. The summed E-state index contributed by atoms with van der Waals surface area (Å²) in [6.07, 6.45) is 2.49. The maximum Gasteiger partial charge on any atom is 0.186 e. The second kappa shape index (κ2) is 9.96. The highest BCUT2D eigenvalue weighted by molar-refractivity contribution is 14.1. The number of rotatable bonds is 8. The molecular weight excluding hydrogens is 559 g/mol. The molecule has 0 saturated heterocycles. The summed E-state index contributed by atoms with van der Waals surface area (Å²) < 4.78 is 35.3. The van der Waals surface area contributed by atoms with Gasteiger partial charge in [-0.05, 0) is 35.4 Å². The largest absolute Gasteiger partial charge is 0.490 e. The molecule has 10 heteroatoms. The minimum absolute atomic E-state index is 0.173. The van der Waals surface area contributed by atoms with Crippen LogP contribution in [0.15, 0.2) is 46.8 Å². The molecule has 3 rings (SSSR count). The lowest BCUT2D eigenvalue weighted by atomic mass is 10.0. The number of hydrogen-bond donors (Lipinski definition) is 0. The van der Waals surface area contributed by atoms with Gasteiger partial charge >= 0.3 is 0 Å². The van der Waals surface area contributed by atoms with E-state index in [1.807, 2.05) is 12.1 Å². The van der Waals surface area contributed by atoms with Crippen LogP contribution >= 0.6 is 45.5 Å². The molecule has 0 aliphatic heterocycles. The number of halogens is 2. The van der Waals surface area contributed by atoms with Crippen LogP contribution in [0.1, 0.15) is 10.6 Å². The van der Waals surface area contributed by atoms with Gasteiger partial charge in [0.25, 0.3) is 0 Å². The molecule has 0 saturated carbocycles. The zero-order valence-corrected chi connectivity index (χ0v) is 20.3. The predicted molar refractivity (Wildman–Crippen MR) is 126 cm³/mol. The first-order chi connectivity index (χ1) is 14.3. The van der Waals surface area contributed by atoms with Crippen LogP contribution in [0.4, 0.5) is 0 Å². The normalized spacial score (nSPS) is 11.1. The van der Waals surface area contributed by atoms with Crippen LogP contribution < -0.4 is 9.47 Å². The first-order valence-electron chi connectivity index (χ1n) is 8.62. The van der Waals surface area contributed by atoms with E-state index in [-0.39, 0.29) is 10.8 Å². The molecule has 1 aromatic heterocycles. The quantitative estimate of drug-likeness (QED) is 0.274. The fourth-order valence-corrected chi connectivity index (χ4v) is 4.74. The van der Waals surface area contributed by atoms with Gasteiger partial charge in [-0.25, -0.2) is 13.4 Å². The van der Waals surface area contributed by atoms with Gasteiger partial charge in [0.15, 0.2) is 15.6 Å². The smallest absolute Gasteiger partial charge is 0.186 e. The third-order valence-electron chi connectivity index (χ3n) is 3.94. The topological polar surface area (TPSA) is 89.3 Å². The Morgan fingerprint density at radius 1 is 1.20 bits per heavy atom. The minimum atomic E-state index is -3.26. The Morgan fingerprint density at radius 3 is 2.53 bits per heavy atom. The third-order valence-corrected chi connectivity index (χ3v) is 7.42. The van der Waals surface area contributed by atoms with Gasteiger partial charge in [0.05, 0.1) is 23.4 Å². The van der Waals surface area contributed by atoms with Crippen molar-refractivity contribution < 1.29 is 17.9 Å². The van der Waals surface area contributed by atoms with Crippen molar-refractivity contribution in [2.24, 2.45) is 0 Å². The Kier molecular flexibility index (Phi) is 7.57. The first kappa shape index (κ1) is 22.8. The molecule has 0 bridgehead atoms. The molecule has 3 aromatic rings. The van der Waals surface area contributed by atoms with E-state index in [9.17, 15) is 13.7 Å². The molecule has 0 unspecified atom stereocenters. The van der Waals surface area contributed by atoms with Crippen molar-refractivity contribution in [2.45, 2.75) is 10.8 Å². The van der Waals surface area contributed by atoms with Crippen molar-refractivity contribution in [1.82, 2.24) is 4.98 Å². The van der Waals surface area contributed by atoms with Crippen LogP contribution in [0.5, 0.6) is 11.5 Å². The lowest BCUT2D eigenvalue weighted by Gasteiger charge is -2.11. The summed E-state index contributed by atoms with van der Waals surface area (Å²) in [6.45, 7) is 0.651. The number of alkyl halides is 1. The molecule has 0 fully saturated rings. The van der Waals surface area contributed by atoms with Gasteiger partial charge in [0.1, 0.15) is 27.6 Å². The number of thiazole rings is 1. The zero-order valence-electron chi connectivity index (χ0n) is 15.8. The van der Waals surface area contributed by atoms with Gasteiger partial charge in [-0.3, -0.25) is 0 Å². The van der Waals surface area contributed by atoms with Crippen LogP contribution in [0.25, 0.3) is 11.1 Å². The van der Waals surface area contributed by atoms with Crippen LogP contribution in [0.3, 0.4) is 0 Å². The summed E-state index contributed by atoms with van der Waals surface area (Å²) in [5, 5.41) is 10.4. The van der Waals surface area contributed by atoms with E-state index in [1.165, 1.54) is 6.20 Å². The van der Waals surface area contributed by atoms with Gasteiger partial charge in [-0.2, -0.15) is 5.26 Å². The van der Waals surface area contributed by atoms with Crippen molar-refractivity contribution in [3.63, 3.8) is 0 Å². The van der Waals surface area contributed by atoms with Crippen LogP contribution in [-0.4, -0.2) is 30.7 Å². The SMILES string of the molecule is CS(=O)(=O)c1cnc(COc2ccc(-c3cc(Cl)c(OCCI)c(C#N)c3)cc2)s1. The number of nitrogens with zero attached hydrogens (tertiary/aromatic N) is 2. The summed E-state index contributed by atoms with van der Waals surface area (Å²) in [5.74, 6) is 1.01. The van der Waals surface area contributed by atoms with E-state index < -0.39 is 9.84 Å². The fourth-order valence-electron chi connectivity index (χ4n) is 2.55. The molecule has 1 heterocycles. The third kappa shape index (κ3) is 5.63. The highest BCUT2D eigenvalue weighted by Crippen LogP contribution is 2.35. The van der Waals surface area contributed by atoms with Crippen molar-refractivity contribution in [1.29, 1.82) is 5.26 Å². The Morgan fingerprint density at radius 2 is 1.93 bits per heavy atom. The Labute approximate surface area is 197 Å². The Hall–Kier alpha value is -1.87. The molecule has 2 aromatic carbocycles. The highest BCUT2D eigenvalue weighted by Gasteiger charge is 2.14. The molecule has 0 amide bonds. The summed E-state index contributed by atoms with van der Waals surface area (Å²) >= 11 is 9.61. The van der Waals surface area contributed by atoms with Gasteiger partial charge in [-0.15, -0.1) is 11.3 Å². The number of benzene rings is 2. The lowest BCUT2D eigenvalue weighted by molar-refractivity contribution is 0.305. The molecule has 0 spiro atoms. The van der Waals surface area contributed by atoms with Crippen LogP contribution in [-0.2, 0) is 16.4 Å². The second-order valence-electron chi connectivity index (χ2n) is 6.14. The van der Waals surface area contributed by atoms with Gasteiger partial charge < -0.3 is 9.47 Å². The first-order valence-corrected chi connectivity index (χ1v) is 13.2. The fraction of sp³-hybridized carbons (Fsp3) is 0.200.